The number of aromatic nitrogens is 1. The van der Waals surface area contributed by atoms with Gasteiger partial charge in [0.25, 0.3) is 0 Å². The fraction of sp³-hybridized carbons (Fsp3) is 0.571. The summed E-state index contributed by atoms with van der Waals surface area (Å²) >= 11 is 0. The molecule has 104 valence electrons. The molecule has 0 saturated heterocycles. The van der Waals surface area contributed by atoms with Crippen molar-refractivity contribution < 1.29 is 4.79 Å². The highest BCUT2D eigenvalue weighted by Crippen LogP contribution is 2.13. The maximum atomic E-state index is 11.8. The first kappa shape index (κ1) is 15.3. The highest BCUT2D eigenvalue weighted by molar-refractivity contribution is 5.81. The van der Waals surface area contributed by atoms with Crippen LogP contribution in [0.2, 0.25) is 0 Å². The fourth-order valence-electron chi connectivity index (χ4n) is 1.81. The Balaban J connectivity index is 2.63. The van der Waals surface area contributed by atoms with Crippen LogP contribution in [-0.2, 0) is 18.4 Å². The number of nitriles is 1. The SMILES string of the molecule is Cc1c(CNC(C)C(=O)NC(C)C)cc(C#N)n1C. The molecule has 0 radical (unpaired) electrons. The van der Waals surface area contributed by atoms with Gasteiger partial charge in [-0.25, -0.2) is 0 Å². The fourth-order valence-corrected chi connectivity index (χ4v) is 1.81. The van der Waals surface area contributed by atoms with Crippen LogP contribution in [0, 0.1) is 18.3 Å². The molecule has 0 aliphatic carbocycles. The van der Waals surface area contributed by atoms with E-state index in [1.165, 1.54) is 0 Å². The number of hydrogen-bond donors (Lipinski definition) is 2. The molecule has 1 unspecified atom stereocenters. The van der Waals surface area contributed by atoms with Crippen molar-refractivity contribution in [2.45, 2.75) is 46.3 Å². The largest absolute Gasteiger partial charge is 0.353 e. The van der Waals surface area contributed by atoms with Gasteiger partial charge < -0.3 is 15.2 Å². The molecule has 0 saturated carbocycles. The molecule has 1 aromatic rings. The quantitative estimate of drug-likeness (QED) is 0.838. The molecular weight excluding hydrogens is 240 g/mol. The van der Waals surface area contributed by atoms with Crippen LogP contribution in [0.1, 0.15) is 37.7 Å². The summed E-state index contributed by atoms with van der Waals surface area (Å²) in [4.78, 5) is 11.8. The average molecular weight is 262 g/mol. The monoisotopic (exact) mass is 262 g/mol. The molecule has 0 aliphatic heterocycles. The summed E-state index contributed by atoms with van der Waals surface area (Å²) in [5.74, 6) is -0.0101. The highest BCUT2D eigenvalue weighted by Gasteiger charge is 2.14. The van der Waals surface area contributed by atoms with Gasteiger partial charge in [-0.3, -0.25) is 4.79 Å². The molecule has 0 aliphatic rings. The Labute approximate surface area is 114 Å². The van der Waals surface area contributed by atoms with Crippen molar-refractivity contribution in [1.82, 2.24) is 15.2 Å². The Morgan fingerprint density at radius 3 is 2.58 bits per heavy atom. The molecule has 1 atom stereocenters. The summed E-state index contributed by atoms with van der Waals surface area (Å²) in [6.45, 7) is 8.25. The molecule has 1 heterocycles. The van der Waals surface area contributed by atoms with E-state index >= 15 is 0 Å². The highest BCUT2D eigenvalue weighted by atomic mass is 16.2. The summed E-state index contributed by atoms with van der Waals surface area (Å²) < 4.78 is 1.86. The first-order valence-electron chi connectivity index (χ1n) is 6.45. The Morgan fingerprint density at radius 1 is 1.47 bits per heavy atom. The minimum absolute atomic E-state index is 0.0101. The lowest BCUT2D eigenvalue weighted by atomic mass is 10.2. The Kier molecular flexibility index (Phi) is 5.13. The molecule has 5 heteroatoms. The van der Waals surface area contributed by atoms with Gasteiger partial charge in [0.15, 0.2) is 0 Å². The third-order valence-electron chi connectivity index (χ3n) is 3.18. The number of rotatable bonds is 5. The number of carbonyl (C=O) groups is 1. The Bertz CT molecular complexity index is 496. The van der Waals surface area contributed by atoms with E-state index in [0.29, 0.717) is 12.2 Å². The molecule has 0 bridgehead atoms. The van der Waals surface area contributed by atoms with E-state index in [0.717, 1.165) is 11.3 Å². The summed E-state index contributed by atoms with van der Waals surface area (Å²) in [5, 5.41) is 15.0. The number of nitrogens with zero attached hydrogens (tertiary/aromatic N) is 2. The smallest absolute Gasteiger partial charge is 0.237 e. The zero-order chi connectivity index (χ0) is 14.6. The standard InChI is InChI=1S/C14H22N4O/c1-9(2)17-14(19)10(3)16-8-12-6-13(7-15)18(5)11(12)4/h6,9-10,16H,8H2,1-5H3,(H,17,19). The maximum Gasteiger partial charge on any atom is 0.237 e. The average Bonchev–Trinajstić information content (AvgIpc) is 2.62. The molecule has 0 spiro atoms. The van der Waals surface area contributed by atoms with Gasteiger partial charge in [-0.1, -0.05) is 0 Å². The zero-order valence-corrected chi connectivity index (χ0v) is 12.2. The van der Waals surface area contributed by atoms with Gasteiger partial charge in [0.2, 0.25) is 5.91 Å². The van der Waals surface area contributed by atoms with Gasteiger partial charge in [0.05, 0.1) is 6.04 Å². The van der Waals surface area contributed by atoms with E-state index in [1.54, 1.807) is 0 Å². The van der Waals surface area contributed by atoms with E-state index < -0.39 is 0 Å². The van der Waals surface area contributed by atoms with Crippen LogP contribution < -0.4 is 10.6 Å². The molecule has 1 amide bonds. The third-order valence-corrected chi connectivity index (χ3v) is 3.18. The predicted octanol–water partition coefficient (Wildman–Crippen LogP) is 1.21. The minimum atomic E-state index is -0.257. The van der Waals surface area contributed by atoms with Gasteiger partial charge in [-0.05, 0) is 39.3 Å². The Hall–Kier alpha value is -1.80. The number of carbonyl (C=O) groups excluding carboxylic acids is 1. The summed E-state index contributed by atoms with van der Waals surface area (Å²) in [5.41, 5.74) is 2.72. The van der Waals surface area contributed by atoms with Crippen molar-refractivity contribution in [2.75, 3.05) is 0 Å². The Morgan fingerprint density at radius 2 is 2.11 bits per heavy atom. The van der Waals surface area contributed by atoms with Crippen LogP contribution in [-0.4, -0.2) is 22.6 Å². The van der Waals surface area contributed by atoms with Crippen LogP contribution in [0.15, 0.2) is 6.07 Å². The summed E-state index contributed by atoms with van der Waals surface area (Å²) in [6.07, 6.45) is 0. The van der Waals surface area contributed by atoms with Crippen molar-refractivity contribution in [2.24, 2.45) is 7.05 Å². The van der Waals surface area contributed by atoms with Crippen LogP contribution >= 0.6 is 0 Å². The van der Waals surface area contributed by atoms with Crippen LogP contribution in [0.3, 0.4) is 0 Å². The number of amides is 1. The topological polar surface area (TPSA) is 69.8 Å². The third kappa shape index (κ3) is 3.83. The van der Waals surface area contributed by atoms with Gasteiger partial charge in [0, 0.05) is 25.3 Å². The van der Waals surface area contributed by atoms with Gasteiger partial charge in [0.1, 0.15) is 11.8 Å². The molecule has 2 N–H and O–H groups in total. The molecular formula is C14H22N4O. The van der Waals surface area contributed by atoms with E-state index in [1.807, 2.05) is 45.4 Å². The normalized spacial score (nSPS) is 12.3. The number of hydrogen-bond acceptors (Lipinski definition) is 3. The minimum Gasteiger partial charge on any atom is -0.353 e. The van der Waals surface area contributed by atoms with Crippen molar-refractivity contribution in [3.05, 3.63) is 23.0 Å². The van der Waals surface area contributed by atoms with Crippen molar-refractivity contribution in [1.29, 1.82) is 5.26 Å². The second-order valence-corrected chi connectivity index (χ2v) is 5.08. The lowest BCUT2D eigenvalue weighted by Crippen LogP contribution is -2.44. The molecule has 1 rings (SSSR count). The van der Waals surface area contributed by atoms with Crippen molar-refractivity contribution in [3.63, 3.8) is 0 Å². The predicted molar refractivity (Wildman–Crippen MR) is 74.4 cm³/mol. The van der Waals surface area contributed by atoms with Crippen LogP contribution in [0.25, 0.3) is 0 Å². The van der Waals surface area contributed by atoms with Gasteiger partial charge in [-0.2, -0.15) is 5.26 Å². The van der Waals surface area contributed by atoms with Crippen molar-refractivity contribution in [3.8, 4) is 6.07 Å². The molecule has 19 heavy (non-hydrogen) atoms. The van der Waals surface area contributed by atoms with E-state index in [4.69, 9.17) is 5.26 Å². The maximum absolute atomic E-state index is 11.8. The molecule has 0 aromatic carbocycles. The van der Waals surface area contributed by atoms with Crippen molar-refractivity contribution >= 4 is 5.91 Å². The lowest BCUT2D eigenvalue weighted by Gasteiger charge is -2.16. The lowest BCUT2D eigenvalue weighted by molar-refractivity contribution is -0.123. The number of nitrogens with one attached hydrogen (secondary N) is 2. The summed E-state index contributed by atoms with van der Waals surface area (Å²) in [7, 11) is 1.87. The van der Waals surface area contributed by atoms with Crippen LogP contribution in [0.4, 0.5) is 0 Å². The van der Waals surface area contributed by atoms with Gasteiger partial charge in [-0.15, -0.1) is 0 Å². The second kappa shape index (κ2) is 6.39. The zero-order valence-electron chi connectivity index (χ0n) is 12.2. The molecule has 5 nitrogen and oxygen atoms in total. The van der Waals surface area contributed by atoms with E-state index in [9.17, 15) is 4.79 Å². The molecule has 0 fully saturated rings. The second-order valence-electron chi connectivity index (χ2n) is 5.08. The van der Waals surface area contributed by atoms with Crippen LogP contribution in [0.5, 0.6) is 0 Å². The summed E-state index contributed by atoms with van der Waals surface area (Å²) in [6, 6.07) is 3.89. The first-order valence-corrected chi connectivity index (χ1v) is 6.45. The van der Waals surface area contributed by atoms with E-state index in [-0.39, 0.29) is 18.0 Å². The molecule has 1 aromatic heterocycles. The first-order chi connectivity index (χ1) is 8.86. The van der Waals surface area contributed by atoms with Gasteiger partial charge >= 0.3 is 0 Å². The van der Waals surface area contributed by atoms with E-state index in [2.05, 4.69) is 16.7 Å².